The van der Waals surface area contributed by atoms with Crippen LogP contribution in [0.1, 0.15) is 10.4 Å². The van der Waals surface area contributed by atoms with Gasteiger partial charge in [-0.25, -0.2) is 0 Å². The van der Waals surface area contributed by atoms with Crippen LogP contribution in [0.25, 0.3) is 0 Å². The summed E-state index contributed by atoms with van der Waals surface area (Å²) in [5, 5.41) is 19.9. The van der Waals surface area contributed by atoms with E-state index < -0.39 is 38.3 Å². The molecule has 0 radical (unpaired) electrons. The Morgan fingerprint density at radius 2 is 1.75 bits per heavy atom. The van der Waals surface area contributed by atoms with Crippen molar-refractivity contribution in [1.29, 1.82) is 0 Å². The number of carbonyl (C=O) groups is 1. The van der Waals surface area contributed by atoms with Gasteiger partial charge in [0.25, 0.3) is 10.1 Å². The van der Waals surface area contributed by atoms with Gasteiger partial charge in [0.05, 0.1) is 11.5 Å². The second-order valence-electron chi connectivity index (χ2n) is 5.01. The first-order valence-electron chi connectivity index (χ1n) is 6.70. The Morgan fingerprint density at radius 3 is 2.25 bits per heavy atom. The van der Waals surface area contributed by atoms with Gasteiger partial charge < -0.3 is 19.7 Å². The summed E-state index contributed by atoms with van der Waals surface area (Å²) < 4.78 is 42.7. The van der Waals surface area contributed by atoms with Gasteiger partial charge in [-0.05, 0) is 18.2 Å². The quantitative estimate of drug-likeness (QED) is 0.410. The predicted molar refractivity (Wildman–Crippen MR) is 83.0 cm³/mol. The molecule has 0 aliphatic heterocycles. The fraction of sp³-hybridized carbons (Fsp3) is 0.267. The number of allylic oxidation sites excluding steroid dienone is 1. The lowest BCUT2D eigenvalue weighted by atomic mass is 9.89. The van der Waals surface area contributed by atoms with Gasteiger partial charge in [-0.3, -0.25) is 9.35 Å². The van der Waals surface area contributed by atoms with E-state index in [4.69, 9.17) is 9.47 Å². The molecule has 2 rings (SSSR count). The zero-order chi connectivity index (χ0) is 18.1. The normalized spacial score (nSPS) is 20.2. The molecule has 1 aliphatic rings. The number of phenols is 1. The molecule has 0 saturated carbocycles. The number of rotatable bonds is 5. The summed E-state index contributed by atoms with van der Waals surface area (Å²) in [7, 11) is -2.58. The lowest BCUT2D eigenvalue weighted by molar-refractivity contribution is -0.140. The predicted octanol–water partition coefficient (Wildman–Crippen LogP) is 1.41. The van der Waals surface area contributed by atoms with Crippen molar-refractivity contribution < 1.29 is 37.5 Å². The number of ketones is 1. The van der Waals surface area contributed by atoms with Crippen molar-refractivity contribution in [1.82, 2.24) is 0 Å². The molecule has 0 aromatic heterocycles. The molecule has 0 bridgehead atoms. The van der Waals surface area contributed by atoms with E-state index in [0.29, 0.717) is 0 Å². The van der Waals surface area contributed by atoms with Crippen LogP contribution >= 0.6 is 0 Å². The third-order valence-corrected chi connectivity index (χ3v) is 4.63. The standard InChI is InChI=1S/C15H16O8S/c1-22-15(23-2)8-12(17)10(7-13(15)24(19,20)21)14(18)9-5-3-4-6-11(9)16/h3-8,10,16-17H,1-2H3,(H,19,20,21). The maximum absolute atomic E-state index is 12.5. The Balaban J connectivity index is 2.59. The molecular weight excluding hydrogens is 340 g/mol. The van der Waals surface area contributed by atoms with E-state index in [2.05, 4.69) is 0 Å². The van der Waals surface area contributed by atoms with Crippen LogP contribution in [0, 0.1) is 5.92 Å². The average molecular weight is 356 g/mol. The highest BCUT2D eigenvalue weighted by atomic mass is 32.2. The van der Waals surface area contributed by atoms with Gasteiger partial charge in [0.1, 0.15) is 16.4 Å². The number of aromatic hydroxyl groups is 1. The van der Waals surface area contributed by atoms with E-state index in [9.17, 15) is 28.0 Å². The summed E-state index contributed by atoms with van der Waals surface area (Å²) in [6.07, 6.45) is 1.70. The van der Waals surface area contributed by atoms with Crippen molar-refractivity contribution >= 4 is 15.9 Å². The summed E-state index contributed by atoms with van der Waals surface area (Å²) in [5.41, 5.74) is -0.115. The Bertz CT molecular complexity index is 818. The van der Waals surface area contributed by atoms with E-state index in [1.165, 1.54) is 24.3 Å². The number of carbonyl (C=O) groups excluding carboxylic acids is 1. The first-order valence-corrected chi connectivity index (χ1v) is 8.14. The maximum atomic E-state index is 12.5. The van der Waals surface area contributed by atoms with Crippen LogP contribution in [-0.4, -0.2) is 49.0 Å². The third-order valence-electron chi connectivity index (χ3n) is 3.65. The van der Waals surface area contributed by atoms with Crippen molar-refractivity contribution in [3.05, 3.63) is 52.6 Å². The summed E-state index contributed by atoms with van der Waals surface area (Å²) in [4.78, 5) is 11.8. The zero-order valence-corrected chi connectivity index (χ0v) is 13.6. The van der Waals surface area contributed by atoms with E-state index in [1.807, 2.05) is 0 Å². The van der Waals surface area contributed by atoms with Gasteiger partial charge in [-0.2, -0.15) is 8.42 Å². The van der Waals surface area contributed by atoms with Crippen molar-refractivity contribution in [2.45, 2.75) is 5.79 Å². The van der Waals surface area contributed by atoms with Crippen molar-refractivity contribution in [2.75, 3.05) is 14.2 Å². The molecule has 0 saturated heterocycles. The summed E-state index contributed by atoms with van der Waals surface area (Å²) >= 11 is 0. The molecule has 0 fully saturated rings. The number of methoxy groups -OCH3 is 2. The molecule has 1 atom stereocenters. The lowest BCUT2D eigenvalue weighted by Crippen LogP contribution is -2.41. The van der Waals surface area contributed by atoms with Crippen LogP contribution in [0.2, 0.25) is 0 Å². The minimum Gasteiger partial charge on any atom is -0.511 e. The van der Waals surface area contributed by atoms with Crippen LogP contribution in [-0.2, 0) is 19.6 Å². The van der Waals surface area contributed by atoms with Crippen LogP contribution in [0.15, 0.2) is 47.1 Å². The number of aliphatic hydroxyl groups is 1. The number of hydrogen-bond donors (Lipinski definition) is 3. The fourth-order valence-corrected chi connectivity index (χ4v) is 3.33. The van der Waals surface area contributed by atoms with E-state index in [-0.39, 0.29) is 11.3 Å². The van der Waals surface area contributed by atoms with Crippen LogP contribution in [0.4, 0.5) is 0 Å². The molecule has 24 heavy (non-hydrogen) atoms. The number of para-hydroxylation sites is 1. The Labute approximate surface area is 138 Å². The van der Waals surface area contributed by atoms with Gasteiger partial charge >= 0.3 is 0 Å². The molecule has 9 heteroatoms. The van der Waals surface area contributed by atoms with Crippen LogP contribution in [0.3, 0.4) is 0 Å². The highest BCUT2D eigenvalue weighted by Crippen LogP contribution is 2.37. The van der Waals surface area contributed by atoms with E-state index >= 15 is 0 Å². The summed E-state index contributed by atoms with van der Waals surface area (Å²) in [6.45, 7) is 0. The first-order chi connectivity index (χ1) is 11.2. The van der Waals surface area contributed by atoms with Crippen LogP contribution in [0.5, 0.6) is 5.75 Å². The minimum atomic E-state index is -4.80. The number of ether oxygens (including phenoxy) is 2. The fourth-order valence-electron chi connectivity index (χ4n) is 2.44. The van der Waals surface area contributed by atoms with Gasteiger partial charge in [-0.15, -0.1) is 0 Å². The van der Waals surface area contributed by atoms with Crippen molar-refractivity contribution in [2.24, 2.45) is 5.92 Å². The highest BCUT2D eigenvalue weighted by Gasteiger charge is 2.46. The van der Waals surface area contributed by atoms with Crippen molar-refractivity contribution in [3.63, 3.8) is 0 Å². The Kier molecular flexibility index (Phi) is 4.81. The minimum absolute atomic E-state index is 0.115. The number of hydrogen-bond acceptors (Lipinski definition) is 7. The van der Waals surface area contributed by atoms with Gasteiger partial charge in [0, 0.05) is 20.3 Å². The molecule has 0 spiro atoms. The summed E-state index contributed by atoms with van der Waals surface area (Å²) in [5.74, 6) is -5.13. The molecule has 1 aliphatic carbocycles. The molecule has 0 amide bonds. The smallest absolute Gasteiger partial charge is 0.296 e. The summed E-state index contributed by atoms with van der Waals surface area (Å²) in [6, 6.07) is 5.60. The molecule has 1 aromatic carbocycles. The van der Waals surface area contributed by atoms with E-state index in [1.54, 1.807) is 0 Å². The van der Waals surface area contributed by atoms with Gasteiger partial charge in [0.15, 0.2) is 5.78 Å². The van der Waals surface area contributed by atoms with Gasteiger partial charge in [-0.1, -0.05) is 12.1 Å². The first kappa shape index (κ1) is 18.1. The second kappa shape index (κ2) is 6.36. The molecular formula is C15H16O8S. The molecule has 8 nitrogen and oxygen atoms in total. The van der Waals surface area contributed by atoms with Crippen LogP contribution < -0.4 is 0 Å². The Morgan fingerprint density at radius 1 is 1.17 bits per heavy atom. The molecule has 0 heterocycles. The zero-order valence-electron chi connectivity index (χ0n) is 12.8. The SMILES string of the molecule is COC1(OC)C=C(O)C(C(=O)c2ccccc2O)C=C1S(=O)(=O)O. The number of benzene rings is 1. The van der Waals surface area contributed by atoms with Gasteiger partial charge in [0.2, 0.25) is 5.79 Å². The maximum Gasteiger partial charge on any atom is 0.296 e. The highest BCUT2D eigenvalue weighted by molar-refractivity contribution is 7.89. The Hall–Kier alpha value is -2.20. The topological polar surface area (TPSA) is 130 Å². The molecule has 130 valence electrons. The third kappa shape index (κ3) is 3.06. The lowest BCUT2D eigenvalue weighted by Gasteiger charge is -2.33. The average Bonchev–Trinajstić information content (AvgIpc) is 2.53. The molecule has 1 aromatic rings. The number of aliphatic hydroxyl groups excluding tert-OH is 1. The monoisotopic (exact) mass is 356 g/mol. The van der Waals surface area contributed by atoms with Crippen molar-refractivity contribution in [3.8, 4) is 5.75 Å². The van der Waals surface area contributed by atoms with E-state index in [0.717, 1.165) is 26.4 Å². The molecule has 1 unspecified atom stereocenters. The largest absolute Gasteiger partial charge is 0.511 e. The number of phenolic OH excluding ortho intramolecular Hbond substituents is 1. The second-order valence-corrected chi connectivity index (χ2v) is 6.40. The molecule has 3 N–H and O–H groups in total. The number of Topliss-reactive ketones (excluding diaryl/α,β-unsaturated/α-hetero) is 1.